The summed E-state index contributed by atoms with van der Waals surface area (Å²) in [6.07, 6.45) is 4.64. The van der Waals surface area contributed by atoms with E-state index in [1.165, 1.54) is 19.3 Å². The molecule has 1 aliphatic heterocycles. The zero-order valence-corrected chi connectivity index (χ0v) is 9.81. The second-order valence-electron chi connectivity index (χ2n) is 5.64. The van der Waals surface area contributed by atoms with Crippen LogP contribution in [0.5, 0.6) is 0 Å². The van der Waals surface area contributed by atoms with Gasteiger partial charge in [-0.05, 0) is 37.1 Å². The maximum Gasteiger partial charge on any atom is 0.237 e. The Kier molecular flexibility index (Phi) is 3.01. The zero-order valence-electron chi connectivity index (χ0n) is 9.81. The van der Waals surface area contributed by atoms with Crippen LogP contribution in [0.3, 0.4) is 0 Å². The summed E-state index contributed by atoms with van der Waals surface area (Å²) in [4.78, 5) is 11.8. The maximum absolute atomic E-state index is 11.8. The van der Waals surface area contributed by atoms with E-state index in [4.69, 9.17) is 0 Å². The van der Waals surface area contributed by atoms with Crippen molar-refractivity contribution in [1.29, 1.82) is 0 Å². The number of hydrogen-bond acceptors (Lipinski definition) is 2. The fraction of sp³-hybridized carbons (Fsp3) is 0.917. The Bertz CT molecular complexity index is 244. The van der Waals surface area contributed by atoms with E-state index in [9.17, 15) is 4.79 Å². The summed E-state index contributed by atoms with van der Waals surface area (Å²) in [5.74, 6) is 0.905. The lowest BCUT2D eigenvalue weighted by Gasteiger charge is -2.22. The van der Waals surface area contributed by atoms with Gasteiger partial charge < -0.3 is 10.6 Å². The number of carbonyl (C=O) groups is 1. The van der Waals surface area contributed by atoms with Gasteiger partial charge in [-0.3, -0.25) is 4.79 Å². The number of hydrogen-bond donors (Lipinski definition) is 2. The summed E-state index contributed by atoms with van der Waals surface area (Å²) >= 11 is 0. The van der Waals surface area contributed by atoms with E-state index in [1.807, 2.05) is 0 Å². The number of rotatable bonds is 3. The van der Waals surface area contributed by atoms with Crippen LogP contribution in [-0.4, -0.2) is 25.0 Å². The predicted octanol–water partition coefficient (Wildman–Crippen LogP) is 1.29. The largest absolute Gasteiger partial charge is 0.354 e. The molecule has 86 valence electrons. The molecule has 1 unspecified atom stereocenters. The van der Waals surface area contributed by atoms with Crippen LogP contribution in [0.25, 0.3) is 0 Å². The number of piperidine rings is 1. The van der Waals surface area contributed by atoms with Crippen molar-refractivity contribution < 1.29 is 4.79 Å². The molecule has 1 saturated carbocycles. The number of nitrogens with one attached hydrogen (secondary N) is 2. The van der Waals surface area contributed by atoms with Crippen LogP contribution in [0.15, 0.2) is 0 Å². The Hall–Kier alpha value is -0.570. The quantitative estimate of drug-likeness (QED) is 0.737. The van der Waals surface area contributed by atoms with E-state index in [-0.39, 0.29) is 11.9 Å². The number of carbonyl (C=O) groups excluding carboxylic acids is 1. The summed E-state index contributed by atoms with van der Waals surface area (Å²) < 4.78 is 0. The molecule has 0 aromatic heterocycles. The fourth-order valence-corrected chi connectivity index (χ4v) is 2.35. The van der Waals surface area contributed by atoms with Crippen LogP contribution in [0.4, 0.5) is 0 Å². The molecular weight excluding hydrogens is 188 g/mol. The third-order valence-electron chi connectivity index (χ3n) is 3.87. The monoisotopic (exact) mass is 210 g/mol. The van der Waals surface area contributed by atoms with Gasteiger partial charge in [-0.2, -0.15) is 0 Å². The molecule has 2 fully saturated rings. The lowest BCUT2D eigenvalue weighted by Crippen LogP contribution is -2.47. The van der Waals surface area contributed by atoms with Crippen molar-refractivity contribution in [1.82, 2.24) is 10.6 Å². The lowest BCUT2D eigenvalue weighted by molar-refractivity contribution is -0.123. The smallest absolute Gasteiger partial charge is 0.237 e. The molecule has 15 heavy (non-hydrogen) atoms. The first kappa shape index (κ1) is 10.9. The van der Waals surface area contributed by atoms with Crippen molar-refractivity contribution in [2.75, 3.05) is 13.1 Å². The highest BCUT2D eigenvalue weighted by Gasteiger charge is 2.45. The topological polar surface area (TPSA) is 41.1 Å². The van der Waals surface area contributed by atoms with E-state index >= 15 is 0 Å². The van der Waals surface area contributed by atoms with E-state index in [0.29, 0.717) is 11.3 Å². The molecule has 2 rings (SSSR count). The van der Waals surface area contributed by atoms with Crippen LogP contribution in [0, 0.1) is 11.3 Å². The Morgan fingerprint density at radius 2 is 2.20 bits per heavy atom. The van der Waals surface area contributed by atoms with Gasteiger partial charge in [0.2, 0.25) is 5.91 Å². The SMILES string of the molecule is CC1(C)CC1CNC(=O)[C@@H]1CCCCN1. The average Bonchev–Trinajstić information content (AvgIpc) is 2.84. The van der Waals surface area contributed by atoms with Gasteiger partial charge in [0.15, 0.2) is 0 Å². The van der Waals surface area contributed by atoms with Gasteiger partial charge in [0.1, 0.15) is 0 Å². The molecule has 1 heterocycles. The molecule has 0 bridgehead atoms. The Balaban J connectivity index is 1.68. The lowest BCUT2D eigenvalue weighted by atomic mass is 10.0. The van der Waals surface area contributed by atoms with E-state index in [1.54, 1.807) is 0 Å². The van der Waals surface area contributed by atoms with Gasteiger partial charge in [0.25, 0.3) is 0 Å². The van der Waals surface area contributed by atoms with Gasteiger partial charge in [-0.25, -0.2) is 0 Å². The molecule has 1 aliphatic carbocycles. The normalized spacial score (nSPS) is 33.5. The summed E-state index contributed by atoms with van der Waals surface area (Å²) in [5.41, 5.74) is 0.466. The van der Waals surface area contributed by atoms with Gasteiger partial charge >= 0.3 is 0 Å². The Morgan fingerprint density at radius 1 is 1.47 bits per heavy atom. The molecule has 0 aromatic carbocycles. The molecule has 2 aliphatic rings. The maximum atomic E-state index is 11.8. The van der Waals surface area contributed by atoms with Crippen molar-refractivity contribution in [2.24, 2.45) is 11.3 Å². The summed E-state index contributed by atoms with van der Waals surface area (Å²) in [6, 6.07) is 0.0700. The fourth-order valence-electron chi connectivity index (χ4n) is 2.35. The van der Waals surface area contributed by atoms with Crippen LogP contribution >= 0.6 is 0 Å². The van der Waals surface area contributed by atoms with Crippen molar-refractivity contribution >= 4 is 5.91 Å². The standard InChI is InChI=1S/C12H22N2O/c1-12(2)7-9(12)8-14-11(15)10-5-3-4-6-13-10/h9-10,13H,3-8H2,1-2H3,(H,14,15)/t9?,10-/m0/s1. The zero-order chi connectivity index (χ0) is 10.9. The van der Waals surface area contributed by atoms with Crippen molar-refractivity contribution in [3.05, 3.63) is 0 Å². The number of amides is 1. The minimum Gasteiger partial charge on any atom is -0.354 e. The van der Waals surface area contributed by atoms with Crippen LogP contribution in [-0.2, 0) is 4.79 Å². The molecule has 2 N–H and O–H groups in total. The third-order valence-corrected chi connectivity index (χ3v) is 3.87. The first-order valence-electron chi connectivity index (χ1n) is 6.11. The van der Waals surface area contributed by atoms with E-state index < -0.39 is 0 Å². The average molecular weight is 210 g/mol. The molecule has 0 radical (unpaired) electrons. The molecule has 3 nitrogen and oxygen atoms in total. The van der Waals surface area contributed by atoms with E-state index in [2.05, 4.69) is 24.5 Å². The highest BCUT2D eigenvalue weighted by molar-refractivity contribution is 5.81. The molecule has 1 amide bonds. The minimum atomic E-state index is 0.0700. The second kappa shape index (κ2) is 4.12. The molecule has 0 aromatic rings. The molecule has 0 spiro atoms. The predicted molar refractivity (Wildman–Crippen MR) is 60.5 cm³/mol. The van der Waals surface area contributed by atoms with Gasteiger partial charge in [-0.1, -0.05) is 20.3 Å². The van der Waals surface area contributed by atoms with Crippen molar-refractivity contribution in [3.8, 4) is 0 Å². The van der Waals surface area contributed by atoms with Crippen molar-refractivity contribution in [3.63, 3.8) is 0 Å². The van der Waals surface area contributed by atoms with Crippen molar-refractivity contribution in [2.45, 2.75) is 45.6 Å². The Labute approximate surface area is 92.0 Å². The van der Waals surface area contributed by atoms with Gasteiger partial charge in [0, 0.05) is 6.54 Å². The molecule has 2 atom stereocenters. The summed E-state index contributed by atoms with van der Waals surface area (Å²) in [5, 5.41) is 6.34. The molecular formula is C12H22N2O. The first-order chi connectivity index (χ1) is 7.09. The highest BCUT2D eigenvalue weighted by atomic mass is 16.2. The van der Waals surface area contributed by atoms with Crippen LogP contribution in [0.1, 0.15) is 39.5 Å². The minimum absolute atomic E-state index is 0.0700. The van der Waals surface area contributed by atoms with Gasteiger partial charge in [0.05, 0.1) is 6.04 Å². The van der Waals surface area contributed by atoms with E-state index in [0.717, 1.165) is 19.5 Å². The van der Waals surface area contributed by atoms with Crippen LogP contribution in [0.2, 0.25) is 0 Å². The first-order valence-corrected chi connectivity index (χ1v) is 6.11. The highest BCUT2D eigenvalue weighted by Crippen LogP contribution is 2.50. The van der Waals surface area contributed by atoms with Crippen LogP contribution < -0.4 is 10.6 Å². The van der Waals surface area contributed by atoms with Gasteiger partial charge in [-0.15, -0.1) is 0 Å². The molecule has 1 saturated heterocycles. The molecule has 3 heteroatoms. The Morgan fingerprint density at radius 3 is 2.73 bits per heavy atom. The summed E-state index contributed by atoms with van der Waals surface area (Å²) in [7, 11) is 0. The summed E-state index contributed by atoms with van der Waals surface area (Å²) in [6.45, 7) is 6.39. The third kappa shape index (κ3) is 2.71. The second-order valence-corrected chi connectivity index (χ2v) is 5.64.